The van der Waals surface area contributed by atoms with Gasteiger partial charge in [-0.1, -0.05) is 17.7 Å². The van der Waals surface area contributed by atoms with Crippen molar-refractivity contribution in [2.45, 2.75) is 13.8 Å². The van der Waals surface area contributed by atoms with Gasteiger partial charge in [0.2, 0.25) is 6.79 Å². The maximum atomic E-state index is 11.7. The minimum atomic E-state index is -0.521. The standard InChI is InChI=1S/C21H16N4O4/c1-11-3-4-12(2)13(5-11)17-6-14(16(9-22)21(23)24-17)15-7-19-20(29-10-28-19)8-18(15)25(26)27/h3-8H,10H2,1-2H3,(H2,23,24). The van der Waals surface area contributed by atoms with E-state index in [2.05, 4.69) is 4.98 Å². The summed E-state index contributed by atoms with van der Waals surface area (Å²) >= 11 is 0. The number of nitro groups is 1. The van der Waals surface area contributed by atoms with Crippen molar-refractivity contribution in [3.8, 4) is 40.0 Å². The normalized spacial score (nSPS) is 11.9. The summed E-state index contributed by atoms with van der Waals surface area (Å²) in [4.78, 5) is 15.6. The molecule has 29 heavy (non-hydrogen) atoms. The molecule has 0 saturated heterocycles. The predicted molar refractivity (Wildman–Crippen MR) is 106 cm³/mol. The molecule has 8 nitrogen and oxygen atoms in total. The average molecular weight is 388 g/mol. The number of fused-ring (bicyclic) bond motifs is 1. The minimum Gasteiger partial charge on any atom is -0.454 e. The number of hydrogen-bond acceptors (Lipinski definition) is 7. The monoisotopic (exact) mass is 388 g/mol. The van der Waals surface area contributed by atoms with Gasteiger partial charge in [0, 0.05) is 11.1 Å². The zero-order chi connectivity index (χ0) is 20.7. The number of nitrogen functional groups attached to an aromatic ring is 1. The van der Waals surface area contributed by atoms with Crippen molar-refractivity contribution in [3.63, 3.8) is 0 Å². The average Bonchev–Trinajstić information content (AvgIpc) is 3.15. The molecule has 144 valence electrons. The summed E-state index contributed by atoms with van der Waals surface area (Å²) in [5, 5.41) is 21.4. The molecule has 0 aliphatic carbocycles. The molecule has 0 unspecified atom stereocenters. The second-order valence-corrected chi connectivity index (χ2v) is 6.73. The van der Waals surface area contributed by atoms with E-state index in [1.165, 1.54) is 12.1 Å². The molecule has 1 aliphatic rings. The molecule has 0 bridgehead atoms. The van der Waals surface area contributed by atoms with E-state index in [4.69, 9.17) is 15.2 Å². The predicted octanol–water partition coefficient (Wildman–Crippen LogP) is 4.12. The van der Waals surface area contributed by atoms with Crippen LogP contribution in [0.4, 0.5) is 11.5 Å². The number of nitrogens with two attached hydrogens (primary N) is 1. The number of rotatable bonds is 3. The first-order valence-electron chi connectivity index (χ1n) is 8.75. The van der Waals surface area contributed by atoms with Gasteiger partial charge in [-0.15, -0.1) is 0 Å². The number of anilines is 1. The molecule has 1 aliphatic heterocycles. The third kappa shape index (κ3) is 3.08. The molecule has 2 aromatic carbocycles. The van der Waals surface area contributed by atoms with Crippen LogP contribution < -0.4 is 15.2 Å². The van der Waals surface area contributed by atoms with Crippen LogP contribution in [0.5, 0.6) is 11.5 Å². The molecule has 0 atom stereocenters. The first kappa shape index (κ1) is 18.3. The number of hydrogen-bond donors (Lipinski definition) is 1. The molecule has 2 heterocycles. The number of aryl methyl sites for hydroxylation is 2. The Morgan fingerprint density at radius 2 is 1.83 bits per heavy atom. The Labute approximate surface area is 166 Å². The molecule has 3 aromatic rings. The van der Waals surface area contributed by atoms with E-state index < -0.39 is 4.92 Å². The number of pyridine rings is 1. The van der Waals surface area contributed by atoms with Crippen molar-refractivity contribution >= 4 is 11.5 Å². The molecule has 2 N–H and O–H groups in total. The Balaban J connectivity index is 2.02. The van der Waals surface area contributed by atoms with Gasteiger partial charge in [0.25, 0.3) is 5.69 Å². The van der Waals surface area contributed by atoms with Crippen LogP contribution in [0.1, 0.15) is 16.7 Å². The minimum absolute atomic E-state index is 0.00729. The summed E-state index contributed by atoms with van der Waals surface area (Å²) in [6, 6.07) is 12.4. The van der Waals surface area contributed by atoms with E-state index in [0.717, 1.165) is 16.7 Å². The number of nitriles is 1. The molecule has 0 spiro atoms. The Morgan fingerprint density at radius 1 is 1.10 bits per heavy atom. The molecule has 0 radical (unpaired) electrons. The SMILES string of the molecule is Cc1ccc(C)c(-c2cc(-c3cc4c(cc3[N+](=O)[O-])OCO4)c(C#N)c(N)n2)c1. The van der Waals surface area contributed by atoms with Gasteiger partial charge in [-0.3, -0.25) is 10.1 Å². The van der Waals surface area contributed by atoms with Crippen LogP contribution >= 0.6 is 0 Å². The van der Waals surface area contributed by atoms with Gasteiger partial charge < -0.3 is 15.2 Å². The van der Waals surface area contributed by atoms with Crippen LogP contribution in [-0.2, 0) is 0 Å². The topological polar surface area (TPSA) is 124 Å². The Kier molecular flexibility index (Phi) is 4.28. The fourth-order valence-electron chi connectivity index (χ4n) is 3.34. The second-order valence-electron chi connectivity index (χ2n) is 6.73. The second kappa shape index (κ2) is 6.80. The molecule has 4 rings (SSSR count). The van der Waals surface area contributed by atoms with Crippen LogP contribution in [-0.4, -0.2) is 16.7 Å². The maximum Gasteiger partial charge on any atom is 0.281 e. The highest BCUT2D eigenvalue weighted by atomic mass is 16.7. The van der Waals surface area contributed by atoms with E-state index in [-0.39, 0.29) is 35.2 Å². The van der Waals surface area contributed by atoms with Gasteiger partial charge in [0.15, 0.2) is 11.5 Å². The van der Waals surface area contributed by atoms with E-state index in [1.54, 1.807) is 6.07 Å². The Hall–Kier alpha value is -4.12. The molecule has 8 heteroatoms. The van der Waals surface area contributed by atoms with Crippen molar-refractivity contribution in [1.29, 1.82) is 5.26 Å². The van der Waals surface area contributed by atoms with Gasteiger partial charge in [0.05, 0.1) is 22.2 Å². The highest BCUT2D eigenvalue weighted by Gasteiger charge is 2.27. The first-order chi connectivity index (χ1) is 13.9. The number of nitrogens with zero attached hydrogens (tertiary/aromatic N) is 3. The van der Waals surface area contributed by atoms with Crippen LogP contribution in [0.25, 0.3) is 22.4 Å². The molecule has 0 saturated carbocycles. The summed E-state index contributed by atoms with van der Waals surface area (Å²) < 4.78 is 10.6. The summed E-state index contributed by atoms with van der Waals surface area (Å²) in [6.07, 6.45) is 0. The summed E-state index contributed by atoms with van der Waals surface area (Å²) in [6.45, 7) is 3.88. The van der Waals surface area contributed by atoms with Crippen LogP contribution in [0.3, 0.4) is 0 Å². The van der Waals surface area contributed by atoms with Gasteiger partial charge in [0.1, 0.15) is 17.5 Å². The van der Waals surface area contributed by atoms with Crippen molar-refractivity contribution in [2.75, 3.05) is 12.5 Å². The Morgan fingerprint density at radius 3 is 2.52 bits per heavy atom. The lowest BCUT2D eigenvalue weighted by Crippen LogP contribution is -2.02. The molecule has 0 amide bonds. The fraction of sp³-hybridized carbons (Fsp3) is 0.143. The van der Waals surface area contributed by atoms with Gasteiger partial charge in [-0.05, 0) is 37.6 Å². The molecule has 0 fully saturated rings. The highest BCUT2D eigenvalue weighted by Crippen LogP contribution is 2.44. The number of nitro benzene ring substituents is 1. The number of ether oxygens (including phenoxy) is 2. The molecular formula is C21H16N4O4. The first-order valence-corrected chi connectivity index (χ1v) is 8.75. The quantitative estimate of drug-likeness (QED) is 0.528. The third-order valence-electron chi connectivity index (χ3n) is 4.81. The maximum absolute atomic E-state index is 11.7. The lowest BCUT2D eigenvalue weighted by Gasteiger charge is -2.13. The van der Waals surface area contributed by atoms with Gasteiger partial charge in [-0.25, -0.2) is 4.98 Å². The van der Waals surface area contributed by atoms with E-state index in [9.17, 15) is 15.4 Å². The smallest absolute Gasteiger partial charge is 0.281 e. The van der Waals surface area contributed by atoms with Gasteiger partial charge in [-0.2, -0.15) is 5.26 Å². The van der Waals surface area contributed by atoms with Crippen molar-refractivity contribution in [2.24, 2.45) is 0 Å². The van der Waals surface area contributed by atoms with E-state index >= 15 is 0 Å². The molecule has 1 aromatic heterocycles. The van der Waals surface area contributed by atoms with Crippen LogP contribution in [0.2, 0.25) is 0 Å². The van der Waals surface area contributed by atoms with E-state index in [0.29, 0.717) is 17.0 Å². The van der Waals surface area contributed by atoms with Gasteiger partial charge >= 0.3 is 0 Å². The summed E-state index contributed by atoms with van der Waals surface area (Å²) in [5.74, 6) is 0.668. The van der Waals surface area contributed by atoms with Crippen molar-refractivity contribution in [1.82, 2.24) is 4.98 Å². The number of benzene rings is 2. The van der Waals surface area contributed by atoms with Crippen LogP contribution in [0, 0.1) is 35.3 Å². The highest BCUT2D eigenvalue weighted by molar-refractivity contribution is 5.86. The summed E-state index contributed by atoms with van der Waals surface area (Å²) in [5.41, 5.74) is 9.85. The van der Waals surface area contributed by atoms with E-state index in [1.807, 2.05) is 38.1 Å². The molecular weight excluding hydrogens is 372 g/mol. The van der Waals surface area contributed by atoms with Crippen LogP contribution in [0.15, 0.2) is 36.4 Å². The fourth-order valence-corrected chi connectivity index (χ4v) is 3.34. The third-order valence-corrected chi connectivity index (χ3v) is 4.81. The number of aromatic nitrogens is 1. The van der Waals surface area contributed by atoms with Crippen molar-refractivity contribution < 1.29 is 14.4 Å². The lowest BCUT2D eigenvalue weighted by molar-refractivity contribution is -0.384. The van der Waals surface area contributed by atoms with Crippen molar-refractivity contribution in [3.05, 3.63) is 63.2 Å². The lowest BCUT2D eigenvalue weighted by atomic mass is 9.95. The zero-order valence-corrected chi connectivity index (χ0v) is 15.7. The largest absolute Gasteiger partial charge is 0.454 e. The Bertz CT molecular complexity index is 1210. The zero-order valence-electron chi connectivity index (χ0n) is 15.7. The summed E-state index contributed by atoms with van der Waals surface area (Å²) in [7, 11) is 0.